The standard InChI is InChI=1S/C25H29N5O2/c1-19-27-15-23(30(19)16-21-7-5-20(14-26)6-8-21)17-29-11-9-25(18-31,10-12-29)13-22-3-2-4-24(32)28-22/h2-8,15,31H,9-13,16-18H2,1H3,(H,28,32). The van der Waals surface area contributed by atoms with Crippen molar-refractivity contribution in [3.8, 4) is 6.07 Å². The lowest BCUT2D eigenvalue weighted by Crippen LogP contribution is -2.43. The van der Waals surface area contributed by atoms with Crippen LogP contribution in [0.5, 0.6) is 0 Å². The molecule has 7 heteroatoms. The van der Waals surface area contributed by atoms with Gasteiger partial charge in [-0.05, 0) is 63.0 Å². The summed E-state index contributed by atoms with van der Waals surface area (Å²) in [6, 6.07) is 15.0. The van der Waals surface area contributed by atoms with E-state index in [4.69, 9.17) is 5.26 Å². The second-order valence-corrected chi connectivity index (χ2v) is 8.84. The van der Waals surface area contributed by atoms with Crippen LogP contribution in [0.1, 0.15) is 41.2 Å². The van der Waals surface area contributed by atoms with Crippen LogP contribution in [0.25, 0.3) is 0 Å². The average Bonchev–Trinajstić information content (AvgIpc) is 3.14. The fourth-order valence-corrected chi connectivity index (χ4v) is 4.53. The van der Waals surface area contributed by atoms with Gasteiger partial charge in [-0.25, -0.2) is 4.98 Å². The van der Waals surface area contributed by atoms with Crippen molar-refractivity contribution >= 4 is 0 Å². The number of nitrogens with one attached hydrogen (secondary N) is 1. The minimum absolute atomic E-state index is 0.0982. The number of hydrogen-bond donors (Lipinski definition) is 2. The first kappa shape index (κ1) is 22.0. The largest absolute Gasteiger partial charge is 0.396 e. The molecule has 4 rings (SSSR count). The molecule has 0 aliphatic carbocycles. The summed E-state index contributed by atoms with van der Waals surface area (Å²) >= 11 is 0. The molecule has 1 aliphatic heterocycles. The number of hydrogen-bond acceptors (Lipinski definition) is 5. The summed E-state index contributed by atoms with van der Waals surface area (Å²) in [7, 11) is 0. The number of aliphatic hydroxyl groups excluding tert-OH is 1. The Balaban J connectivity index is 1.40. The second-order valence-electron chi connectivity index (χ2n) is 8.84. The molecule has 0 unspecified atom stereocenters. The fraction of sp³-hybridized carbons (Fsp3) is 0.400. The molecular formula is C25H29N5O2. The molecule has 2 N–H and O–H groups in total. The van der Waals surface area contributed by atoms with Crippen LogP contribution in [0.4, 0.5) is 0 Å². The molecule has 0 amide bonds. The third kappa shape index (κ3) is 4.98. The highest BCUT2D eigenvalue weighted by Crippen LogP contribution is 2.34. The predicted molar refractivity (Wildman–Crippen MR) is 122 cm³/mol. The number of imidazole rings is 1. The summed E-state index contributed by atoms with van der Waals surface area (Å²) in [4.78, 5) is 21.5. The summed E-state index contributed by atoms with van der Waals surface area (Å²) in [5.41, 5.74) is 3.56. The molecule has 0 saturated carbocycles. The zero-order valence-corrected chi connectivity index (χ0v) is 18.4. The van der Waals surface area contributed by atoms with Gasteiger partial charge in [-0.3, -0.25) is 9.69 Å². The van der Waals surface area contributed by atoms with Gasteiger partial charge in [-0.1, -0.05) is 18.2 Å². The number of aliphatic hydroxyl groups is 1. The molecule has 7 nitrogen and oxygen atoms in total. The molecule has 32 heavy (non-hydrogen) atoms. The van der Waals surface area contributed by atoms with E-state index in [-0.39, 0.29) is 17.6 Å². The molecule has 0 bridgehead atoms. The first-order valence-electron chi connectivity index (χ1n) is 11.0. The van der Waals surface area contributed by atoms with Crippen molar-refractivity contribution in [3.63, 3.8) is 0 Å². The number of aromatic nitrogens is 3. The normalized spacial score (nSPS) is 16.0. The van der Waals surface area contributed by atoms with Crippen molar-refractivity contribution in [3.05, 3.63) is 87.4 Å². The molecule has 1 aliphatic rings. The third-order valence-electron chi connectivity index (χ3n) is 6.59. The van der Waals surface area contributed by atoms with Gasteiger partial charge in [0.1, 0.15) is 5.82 Å². The maximum Gasteiger partial charge on any atom is 0.248 e. The zero-order valence-electron chi connectivity index (χ0n) is 18.4. The van der Waals surface area contributed by atoms with Crippen molar-refractivity contribution in [2.75, 3.05) is 19.7 Å². The van der Waals surface area contributed by atoms with Crippen molar-refractivity contribution in [2.45, 2.75) is 39.3 Å². The molecular weight excluding hydrogens is 402 g/mol. The summed E-state index contributed by atoms with van der Waals surface area (Å²) in [5.74, 6) is 0.971. The van der Waals surface area contributed by atoms with E-state index < -0.39 is 0 Å². The van der Waals surface area contributed by atoms with Gasteiger partial charge in [-0.2, -0.15) is 5.26 Å². The van der Waals surface area contributed by atoms with Crippen LogP contribution < -0.4 is 5.56 Å². The first-order valence-corrected chi connectivity index (χ1v) is 11.0. The fourth-order valence-electron chi connectivity index (χ4n) is 4.53. The maximum atomic E-state index is 11.6. The molecule has 1 saturated heterocycles. The van der Waals surface area contributed by atoms with E-state index in [1.54, 1.807) is 6.07 Å². The van der Waals surface area contributed by atoms with Crippen molar-refractivity contribution < 1.29 is 5.11 Å². The number of benzene rings is 1. The Bertz CT molecular complexity index is 1150. The highest BCUT2D eigenvalue weighted by atomic mass is 16.3. The lowest BCUT2D eigenvalue weighted by atomic mass is 9.75. The Morgan fingerprint density at radius 1 is 1.16 bits per heavy atom. The van der Waals surface area contributed by atoms with E-state index >= 15 is 0 Å². The van der Waals surface area contributed by atoms with Crippen LogP contribution >= 0.6 is 0 Å². The summed E-state index contributed by atoms with van der Waals surface area (Å²) < 4.78 is 2.23. The van der Waals surface area contributed by atoms with Gasteiger partial charge in [0.15, 0.2) is 0 Å². The number of nitriles is 1. The van der Waals surface area contributed by atoms with E-state index in [0.29, 0.717) is 12.0 Å². The van der Waals surface area contributed by atoms with Crippen molar-refractivity contribution in [1.29, 1.82) is 5.26 Å². The van der Waals surface area contributed by atoms with Gasteiger partial charge in [-0.15, -0.1) is 0 Å². The minimum Gasteiger partial charge on any atom is -0.396 e. The summed E-state index contributed by atoms with van der Waals surface area (Å²) in [6.07, 6.45) is 4.39. The van der Waals surface area contributed by atoms with Crippen LogP contribution in [0.3, 0.4) is 0 Å². The van der Waals surface area contributed by atoms with Gasteiger partial charge in [0.05, 0.1) is 17.3 Å². The third-order valence-corrected chi connectivity index (χ3v) is 6.59. The van der Waals surface area contributed by atoms with Crippen molar-refractivity contribution in [1.82, 2.24) is 19.4 Å². The molecule has 1 aromatic carbocycles. The smallest absolute Gasteiger partial charge is 0.248 e. The molecule has 2 aromatic heterocycles. The molecule has 1 fully saturated rings. The second kappa shape index (κ2) is 9.51. The number of nitrogens with zero attached hydrogens (tertiary/aromatic N) is 4. The Labute approximate surface area is 188 Å². The monoisotopic (exact) mass is 431 g/mol. The van der Waals surface area contributed by atoms with E-state index in [0.717, 1.165) is 61.8 Å². The van der Waals surface area contributed by atoms with Crippen LogP contribution in [-0.4, -0.2) is 44.2 Å². The van der Waals surface area contributed by atoms with Crippen molar-refractivity contribution in [2.24, 2.45) is 5.41 Å². The molecule has 3 aromatic rings. The minimum atomic E-state index is -0.195. The van der Waals surface area contributed by atoms with Gasteiger partial charge in [0.25, 0.3) is 0 Å². The Morgan fingerprint density at radius 3 is 2.56 bits per heavy atom. The van der Waals surface area contributed by atoms with Gasteiger partial charge >= 0.3 is 0 Å². The number of aryl methyl sites for hydroxylation is 1. The van der Waals surface area contributed by atoms with Gasteiger partial charge in [0.2, 0.25) is 5.56 Å². The van der Waals surface area contributed by atoms with E-state index in [2.05, 4.69) is 25.5 Å². The molecule has 166 valence electrons. The van der Waals surface area contributed by atoms with E-state index in [1.807, 2.05) is 43.5 Å². The highest BCUT2D eigenvalue weighted by molar-refractivity contribution is 5.32. The van der Waals surface area contributed by atoms with Crippen LogP contribution in [-0.2, 0) is 19.5 Å². The number of rotatable bonds is 7. The molecule has 0 spiro atoms. The Hall–Kier alpha value is -3.21. The average molecular weight is 432 g/mol. The van der Waals surface area contributed by atoms with E-state index in [1.165, 1.54) is 6.07 Å². The topological polar surface area (TPSA) is 97.9 Å². The predicted octanol–water partition coefficient (Wildman–Crippen LogP) is 2.62. The Kier molecular flexibility index (Phi) is 6.54. The molecule has 3 heterocycles. The first-order chi connectivity index (χ1) is 15.5. The van der Waals surface area contributed by atoms with Gasteiger partial charge < -0.3 is 14.7 Å². The highest BCUT2D eigenvalue weighted by Gasteiger charge is 2.34. The van der Waals surface area contributed by atoms with E-state index in [9.17, 15) is 9.90 Å². The SMILES string of the molecule is Cc1ncc(CN2CCC(CO)(Cc3cccc(=O)[nH]3)CC2)n1Cc1ccc(C#N)cc1. The number of likely N-dealkylation sites (tertiary alicyclic amines) is 1. The number of H-pyrrole nitrogens is 1. The quantitative estimate of drug-likeness (QED) is 0.599. The summed E-state index contributed by atoms with van der Waals surface area (Å²) in [5, 5.41) is 19.2. The van der Waals surface area contributed by atoms with Crippen LogP contribution in [0, 0.1) is 23.7 Å². The van der Waals surface area contributed by atoms with Gasteiger partial charge in [0, 0.05) is 43.1 Å². The lowest BCUT2D eigenvalue weighted by Gasteiger charge is -2.40. The number of pyridine rings is 1. The number of aromatic amines is 1. The molecule has 0 radical (unpaired) electrons. The zero-order chi connectivity index (χ0) is 22.6. The lowest BCUT2D eigenvalue weighted by molar-refractivity contribution is 0.0398. The van der Waals surface area contributed by atoms with Crippen LogP contribution in [0.2, 0.25) is 0 Å². The molecule has 0 atom stereocenters. The van der Waals surface area contributed by atoms with Crippen LogP contribution in [0.15, 0.2) is 53.5 Å². The maximum absolute atomic E-state index is 11.6. The summed E-state index contributed by atoms with van der Waals surface area (Å²) in [6.45, 7) is 5.44. The number of piperidine rings is 1. The Morgan fingerprint density at radius 2 is 1.91 bits per heavy atom.